The second kappa shape index (κ2) is 6.74. The summed E-state index contributed by atoms with van der Waals surface area (Å²) in [5.41, 5.74) is 6.11. The van der Waals surface area contributed by atoms with Gasteiger partial charge in [0.25, 0.3) is 0 Å². The van der Waals surface area contributed by atoms with Crippen molar-refractivity contribution in [2.45, 2.75) is 57.9 Å². The maximum atomic E-state index is 11.1. The Bertz CT molecular complexity index is 305. The van der Waals surface area contributed by atoms with Gasteiger partial charge in [-0.25, -0.2) is 8.42 Å². The topological polar surface area (TPSA) is 60.2 Å². The predicted octanol–water partition coefficient (Wildman–Crippen LogP) is 2.35. The van der Waals surface area contributed by atoms with Crippen LogP contribution in [-0.4, -0.2) is 26.5 Å². The molecule has 0 aromatic rings. The molecule has 0 amide bonds. The molecule has 1 aliphatic carbocycles. The van der Waals surface area contributed by atoms with Gasteiger partial charge in [0, 0.05) is 12.3 Å². The van der Waals surface area contributed by atoms with E-state index in [1.807, 2.05) is 0 Å². The third-order valence-corrected chi connectivity index (χ3v) is 4.99. The van der Waals surface area contributed by atoms with E-state index < -0.39 is 9.84 Å². The molecule has 1 saturated carbocycles. The first kappa shape index (κ1) is 15.0. The van der Waals surface area contributed by atoms with E-state index in [9.17, 15) is 8.42 Å². The minimum atomic E-state index is -2.86. The van der Waals surface area contributed by atoms with Gasteiger partial charge in [-0.1, -0.05) is 32.6 Å². The second-order valence-corrected chi connectivity index (χ2v) is 7.91. The average Bonchev–Trinajstić information content (AvgIpc) is 2.26. The zero-order valence-electron chi connectivity index (χ0n) is 11.2. The zero-order chi connectivity index (χ0) is 12.9. The van der Waals surface area contributed by atoms with Crippen LogP contribution in [0.5, 0.6) is 0 Å². The third kappa shape index (κ3) is 5.87. The molecule has 0 saturated heterocycles. The molecule has 1 fully saturated rings. The SMILES string of the molecule is CCCC1CCC(C(N)CCS(C)(=O)=O)CC1. The highest BCUT2D eigenvalue weighted by atomic mass is 32.2. The zero-order valence-corrected chi connectivity index (χ0v) is 12.0. The third-order valence-electron chi connectivity index (χ3n) is 4.02. The van der Waals surface area contributed by atoms with Crippen LogP contribution in [0.4, 0.5) is 0 Å². The summed E-state index contributed by atoms with van der Waals surface area (Å²) in [7, 11) is -2.86. The van der Waals surface area contributed by atoms with Crippen LogP contribution in [0.1, 0.15) is 51.9 Å². The van der Waals surface area contributed by atoms with Crippen molar-refractivity contribution in [2.75, 3.05) is 12.0 Å². The van der Waals surface area contributed by atoms with Crippen molar-refractivity contribution in [3.8, 4) is 0 Å². The Balaban J connectivity index is 2.28. The van der Waals surface area contributed by atoms with Gasteiger partial charge in [-0.3, -0.25) is 0 Å². The molecule has 4 heteroatoms. The van der Waals surface area contributed by atoms with Crippen molar-refractivity contribution in [3.63, 3.8) is 0 Å². The van der Waals surface area contributed by atoms with Gasteiger partial charge in [0.2, 0.25) is 0 Å². The van der Waals surface area contributed by atoms with Crippen LogP contribution >= 0.6 is 0 Å². The minimum absolute atomic E-state index is 0.0762. The summed E-state index contributed by atoms with van der Waals surface area (Å²) in [4.78, 5) is 0. The quantitative estimate of drug-likeness (QED) is 0.798. The van der Waals surface area contributed by atoms with E-state index in [4.69, 9.17) is 5.73 Å². The maximum Gasteiger partial charge on any atom is 0.147 e. The van der Waals surface area contributed by atoms with E-state index in [0.717, 1.165) is 5.92 Å². The number of rotatable bonds is 6. The van der Waals surface area contributed by atoms with Gasteiger partial charge in [-0.2, -0.15) is 0 Å². The second-order valence-electron chi connectivity index (χ2n) is 5.65. The molecular weight excluding hydrogens is 234 g/mol. The molecule has 1 atom stereocenters. The molecule has 0 aromatic carbocycles. The maximum absolute atomic E-state index is 11.1. The fraction of sp³-hybridized carbons (Fsp3) is 1.00. The van der Waals surface area contributed by atoms with E-state index in [-0.39, 0.29) is 11.8 Å². The summed E-state index contributed by atoms with van der Waals surface area (Å²) in [6.07, 6.45) is 9.47. The highest BCUT2D eigenvalue weighted by Gasteiger charge is 2.25. The lowest BCUT2D eigenvalue weighted by molar-refractivity contribution is 0.231. The van der Waals surface area contributed by atoms with Gasteiger partial charge in [0.1, 0.15) is 9.84 Å². The molecule has 1 aliphatic rings. The van der Waals surface area contributed by atoms with Crippen molar-refractivity contribution in [1.29, 1.82) is 0 Å². The van der Waals surface area contributed by atoms with Gasteiger partial charge < -0.3 is 5.73 Å². The summed E-state index contributed by atoms with van der Waals surface area (Å²) in [6.45, 7) is 2.24. The molecule has 102 valence electrons. The van der Waals surface area contributed by atoms with E-state index in [1.165, 1.54) is 44.8 Å². The van der Waals surface area contributed by atoms with E-state index in [1.54, 1.807) is 0 Å². The average molecular weight is 261 g/mol. The monoisotopic (exact) mass is 261 g/mol. The first-order valence-corrected chi connectivity index (χ1v) is 8.91. The van der Waals surface area contributed by atoms with Gasteiger partial charge in [0.05, 0.1) is 5.75 Å². The molecule has 3 nitrogen and oxygen atoms in total. The predicted molar refractivity (Wildman–Crippen MR) is 72.7 cm³/mol. The molecule has 0 heterocycles. The first-order chi connectivity index (χ1) is 7.92. The van der Waals surface area contributed by atoms with Crippen LogP contribution in [0, 0.1) is 11.8 Å². The number of nitrogens with two attached hydrogens (primary N) is 1. The lowest BCUT2D eigenvalue weighted by Crippen LogP contribution is -2.34. The van der Waals surface area contributed by atoms with Crippen LogP contribution in [0.2, 0.25) is 0 Å². The van der Waals surface area contributed by atoms with Gasteiger partial charge in [0.15, 0.2) is 0 Å². The lowest BCUT2D eigenvalue weighted by atomic mass is 9.77. The molecule has 0 aliphatic heterocycles. The standard InChI is InChI=1S/C13H27NO2S/c1-3-4-11-5-7-12(8-6-11)13(14)9-10-17(2,15)16/h11-13H,3-10,14H2,1-2H3. The number of hydrogen-bond donors (Lipinski definition) is 1. The highest BCUT2D eigenvalue weighted by Crippen LogP contribution is 2.33. The first-order valence-electron chi connectivity index (χ1n) is 6.85. The van der Waals surface area contributed by atoms with Crippen LogP contribution in [0.15, 0.2) is 0 Å². The van der Waals surface area contributed by atoms with Crippen LogP contribution < -0.4 is 5.73 Å². The Morgan fingerprint density at radius 2 is 1.82 bits per heavy atom. The summed E-state index contributed by atoms with van der Waals surface area (Å²) in [5.74, 6) is 1.67. The molecule has 0 bridgehead atoms. The Labute approximate surface area is 106 Å². The molecule has 2 N–H and O–H groups in total. The van der Waals surface area contributed by atoms with E-state index >= 15 is 0 Å². The summed E-state index contributed by atoms with van der Waals surface area (Å²) >= 11 is 0. The van der Waals surface area contributed by atoms with Gasteiger partial charge in [-0.15, -0.1) is 0 Å². The number of sulfone groups is 1. The summed E-state index contributed by atoms with van der Waals surface area (Å²) < 4.78 is 22.2. The van der Waals surface area contributed by atoms with Crippen molar-refractivity contribution in [1.82, 2.24) is 0 Å². The Morgan fingerprint density at radius 1 is 1.24 bits per heavy atom. The Morgan fingerprint density at radius 3 is 2.29 bits per heavy atom. The van der Waals surface area contributed by atoms with Crippen molar-refractivity contribution in [3.05, 3.63) is 0 Å². The lowest BCUT2D eigenvalue weighted by Gasteiger charge is -2.32. The molecule has 0 aromatic heterocycles. The smallest absolute Gasteiger partial charge is 0.147 e. The molecule has 0 radical (unpaired) electrons. The molecule has 1 unspecified atom stereocenters. The summed E-state index contributed by atoms with van der Waals surface area (Å²) in [6, 6.07) is 0.0762. The van der Waals surface area contributed by atoms with Crippen molar-refractivity contribution >= 4 is 9.84 Å². The molecule has 17 heavy (non-hydrogen) atoms. The van der Waals surface area contributed by atoms with Crippen LogP contribution in [0.25, 0.3) is 0 Å². The van der Waals surface area contributed by atoms with Gasteiger partial charge >= 0.3 is 0 Å². The highest BCUT2D eigenvalue weighted by molar-refractivity contribution is 7.90. The fourth-order valence-electron chi connectivity index (χ4n) is 2.90. The largest absolute Gasteiger partial charge is 0.327 e. The number of hydrogen-bond acceptors (Lipinski definition) is 3. The van der Waals surface area contributed by atoms with Crippen LogP contribution in [0.3, 0.4) is 0 Å². The molecular formula is C13H27NO2S. The fourth-order valence-corrected chi connectivity index (χ4v) is 3.60. The van der Waals surface area contributed by atoms with Crippen molar-refractivity contribution in [2.24, 2.45) is 17.6 Å². The minimum Gasteiger partial charge on any atom is -0.327 e. The Kier molecular flexibility index (Phi) is 5.93. The van der Waals surface area contributed by atoms with Crippen molar-refractivity contribution < 1.29 is 8.42 Å². The van der Waals surface area contributed by atoms with Gasteiger partial charge in [-0.05, 0) is 31.1 Å². The Hall–Kier alpha value is -0.0900. The molecule has 1 rings (SSSR count). The summed E-state index contributed by atoms with van der Waals surface area (Å²) in [5, 5.41) is 0. The molecule has 0 spiro atoms. The van der Waals surface area contributed by atoms with Crippen LogP contribution in [-0.2, 0) is 9.84 Å². The van der Waals surface area contributed by atoms with E-state index in [2.05, 4.69) is 6.92 Å². The van der Waals surface area contributed by atoms with E-state index in [0.29, 0.717) is 12.3 Å². The normalized spacial score (nSPS) is 27.9.